The van der Waals surface area contributed by atoms with Gasteiger partial charge in [-0.25, -0.2) is 0 Å². The molecule has 0 aromatic heterocycles. The van der Waals surface area contributed by atoms with Crippen LogP contribution >= 0.6 is 0 Å². The molecule has 1 saturated heterocycles. The molecule has 2 rings (SSSR count). The Bertz CT molecular complexity index is 572. The number of hydrogen-bond donors (Lipinski definition) is 2. The third-order valence-corrected chi connectivity index (χ3v) is 4.47. The maximum atomic E-state index is 6.16. The van der Waals surface area contributed by atoms with Crippen molar-refractivity contribution in [3.05, 3.63) is 29.3 Å². The highest BCUT2D eigenvalue weighted by molar-refractivity contribution is 5.79. The summed E-state index contributed by atoms with van der Waals surface area (Å²) in [7, 11) is 1.79. The number of rotatable bonds is 11. The molecule has 1 heterocycles. The third kappa shape index (κ3) is 8.18. The molecule has 0 radical (unpaired) electrons. The summed E-state index contributed by atoms with van der Waals surface area (Å²) in [5, 5.41) is 6.70. The number of ether oxygens (including phenoxy) is 3. The van der Waals surface area contributed by atoms with Crippen LogP contribution in [0.2, 0.25) is 0 Å². The van der Waals surface area contributed by atoms with E-state index in [1.807, 2.05) is 0 Å². The summed E-state index contributed by atoms with van der Waals surface area (Å²) in [6.07, 6.45) is 4.36. The van der Waals surface area contributed by atoms with Gasteiger partial charge in [-0.1, -0.05) is 25.5 Å². The summed E-state index contributed by atoms with van der Waals surface area (Å²) >= 11 is 0. The minimum absolute atomic E-state index is 0.149. The number of unbranched alkanes of at least 4 members (excludes halogenated alkanes) is 1. The van der Waals surface area contributed by atoms with E-state index in [1.54, 1.807) is 7.05 Å². The Kier molecular flexibility index (Phi) is 10.0. The molecular formula is C21H35N3O3. The largest absolute Gasteiger partial charge is 0.488 e. The molecule has 1 aliphatic heterocycles. The average molecular weight is 378 g/mol. The van der Waals surface area contributed by atoms with Crippen molar-refractivity contribution >= 4 is 5.96 Å². The Morgan fingerprint density at radius 2 is 2.11 bits per heavy atom. The molecule has 1 atom stereocenters. The van der Waals surface area contributed by atoms with Crippen LogP contribution in [0.25, 0.3) is 0 Å². The molecule has 1 aliphatic rings. The second kappa shape index (κ2) is 12.6. The topological polar surface area (TPSA) is 64.1 Å². The van der Waals surface area contributed by atoms with Crippen molar-refractivity contribution < 1.29 is 14.2 Å². The van der Waals surface area contributed by atoms with Gasteiger partial charge in [-0.2, -0.15) is 0 Å². The van der Waals surface area contributed by atoms with Crippen LogP contribution in [0.3, 0.4) is 0 Å². The predicted octanol–water partition coefficient (Wildman–Crippen LogP) is 3.03. The van der Waals surface area contributed by atoms with E-state index < -0.39 is 0 Å². The first-order valence-electron chi connectivity index (χ1n) is 10.1. The zero-order valence-corrected chi connectivity index (χ0v) is 17.1. The zero-order valence-electron chi connectivity index (χ0n) is 17.1. The standard InChI is InChI=1S/C21H35N3O3/c1-4-5-11-25-12-6-10-23-21(22-3)24-15-18-8-7-17(2)14-20(18)27-19-9-13-26-16-19/h7-8,14,19H,4-6,9-13,15-16H2,1-3H3,(H2,22,23,24). The lowest BCUT2D eigenvalue weighted by Gasteiger charge is -2.18. The Balaban J connectivity index is 1.76. The van der Waals surface area contributed by atoms with E-state index in [2.05, 4.69) is 47.7 Å². The monoisotopic (exact) mass is 377 g/mol. The maximum absolute atomic E-state index is 6.16. The fourth-order valence-electron chi connectivity index (χ4n) is 2.83. The Morgan fingerprint density at radius 1 is 1.26 bits per heavy atom. The SMILES string of the molecule is CCCCOCCCNC(=NC)NCc1ccc(C)cc1OC1CCOC1. The lowest BCUT2D eigenvalue weighted by Crippen LogP contribution is -2.37. The molecule has 0 amide bonds. The van der Waals surface area contributed by atoms with Crippen LogP contribution in [0.15, 0.2) is 23.2 Å². The van der Waals surface area contributed by atoms with Gasteiger partial charge in [-0.3, -0.25) is 4.99 Å². The van der Waals surface area contributed by atoms with Gasteiger partial charge in [0.25, 0.3) is 0 Å². The van der Waals surface area contributed by atoms with E-state index in [9.17, 15) is 0 Å². The van der Waals surface area contributed by atoms with Crippen LogP contribution < -0.4 is 15.4 Å². The normalized spacial score (nSPS) is 17.1. The molecule has 27 heavy (non-hydrogen) atoms. The van der Waals surface area contributed by atoms with E-state index >= 15 is 0 Å². The Hall–Kier alpha value is -1.79. The van der Waals surface area contributed by atoms with Crippen molar-refractivity contribution in [2.24, 2.45) is 4.99 Å². The third-order valence-electron chi connectivity index (χ3n) is 4.47. The van der Waals surface area contributed by atoms with Crippen LogP contribution in [0, 0.1) is 6.92 Å². The highest BCUT2D eigenvalue weighted by Gasteiger charge is 2.18. The molecule has 0 aliphatic carbocycles. The summed E-state index contributed by atoms with van der Waals surface area (Å²) in [5.41, 5.74) is 2.32. The summed E-state index contributed by atoms with van der Waals surface area (Å²) in [4.78, 5) is 4.29. The first kappa shape index (κ1) is 21.5. The molecule has 0 spiro atoms. The lowest BCUT2D eigenvalue weighted by atomic mass is 10.1. The number of guanidine groups is 1. The molecule has 2 N–H and O–H groups in total. The zero-order chi connectivity index (χ0) is 19.3. The highest BCUT2D eigenvalue weighted by Crippen LogP contribution is 2.23. The number of benzene rings is 1. The van der Waals surface area contributed by atoms with Crippen molar-refractivity contribution in [2.45, 2.75) is 52.2 Å². The van der Waals surface area contributed by atoms with Gasteiger partial charge in [-0.05, 0) is 31.4 Å². The molecule has 1 unspecified atom stereocenters. The minimum atomic E-state index is 0.149. The van der Waals surface area contributed by atoms with Gasteiger partial charge in [0.05, 0.1) is 13.2 Å². The second-order valence-electron chi connectivity index (χ2n) is 6.89. The van der Waals surface area contributed by atoms with Crippen molar-refractivity contribution in [1.82, 2.24) is 10.6 Å². The molecule has 6 nitrogen and oxygen atoms in total. The minimum Gasteiger partial charge on any atom is -0.488 e. The van der Waals surface area contributed by atoms with E-state index in [1.165, 1.54) is 12.0 Å². The van der Waals surface area contributed by atoms with Gasteiger partial charge in [0.15, 0.2) is 5.96 Å². The number of aryl methyl sites for hydroxylation is 1. The van der Waals surface area contributed by atoms with Crippen molar-refractivity contribution in [3.8, 4) is 5.75 Å². The molecule has 1 aromatic carbocycles. The van der Waals surface area contributed by atoms with E-state index in [4.69, 9.17) is 14.2 Å². The summed E-state index contributed by atoms with van der Waals surface area (Å²) < 4.78 is 17.2. The van der Waals surface area contributed by atoms with Crippen LogP contribution in [-0.4, -0.2) is 52.1 Å². The van der Waals surface area contributed by atoms with Gasteiger partial charge in [0.1, 0.15) is 11.9 Å². The van der Waals surface area contributed by atoms with E-state index in [0.717, 1.165) is 62.9 Å². The molecule has 0 bridgehead atoms. The summed E-state index contributed by atoms with van der Waals surface area (Å²) in [5.74, 6) is 1.72. The molecular weight excluding hydrogens is 342 g/mol. The van der Waals surface area contributed by atoms with E-state index in [0.29, 0.717) is 13.2 Å². The number of nitrogens with one attached hydrogen (secondary N) is 2. The quantitative estimate of drug-likeness (QED) is 0.353. The number of nitrogens with zero attached hydrogens (tertiary/aromatic N) is 1. The smallest absolute Gasteiger partial charge is 0.191 e. The van der Waals surface area contributed by atoms with Crippen molar-refractivity contribution in [2.75, 3.05) is 40.0 Å². The summed E-state index contributed by atoms with van der Waals surface area (Å²) in [6.45, 7) is 8.84. The Labute approximate surface area is 163 Å². The maximum Gasteiger partial charge on any atom is 0.191 e. The van der Waals surface area contributed by atoms with Crippen LogP contribution in [-0.2, 0) is 16.0 Å². The predicted molar refractivity (Wildman–Crippen MR) is 110 cm³/mol. The van der Waals surface area contributed by atoms with Gasteiger partial charge in [-0.15, -0.1) is 0 Å². The second-order valence-corrected chi connectivity index (χ2v) is 6.89. The molecule has 6 heteroatoms. The number of hydrogen-bond acceptors (Lipinski definition) is 4. The molecule has 152 valence electrons. The van der Waals surface area contributed by atoms with Crippen molar-refractivity contribution in [3.63, 3.8) is 0 Å². The molecule has 1 aromatic rings. The first-order chi connectivity index (χ1) is 13.2. The average Bonchev–Trinajstić information content (AvgIpc) is 3.18. The van der Waals surface area contributed by atoms with Gasteiger partial charge in [0, 0.05) is 45.3 Å². The fourth-order valence-corrected chi connectivity index (χ4v) is 2.83. The van der Waals surface area contributed by atoms with Gasteiger partial charge in [0.2, 0.25) is 0 Å². The summed E-state index contributed by atoms with van der Waals surface area (Å²) in [6, 6.07) is 6.32. The van der Waals surface area contributed by atoms with Crippen LogP contribution in [0.4, 0.5) is 0 Å². The van der Waals surface area contributed by atoms with Crippen LogP contribution in [0.1, 0.15) is 43.7 Å². The highest BCUT2D eigenvalue weighted by atomic mass is 16.5. The lowest BCUT2D eigenvalue weighted by molar-refractivity contribution is 0.129. The first-order valence-corrected chi connectivity index (χ1v) is 10.1. The molecule has 0 saturated carbocycles. The van der Waals surface area contributed by atoms with Crippen LogP contribution in [0.5, 0.6) is 5.75 Å². The van der Waals surface area contributed by atoms with Gasteiger partial charge >= 0.3 is 0 Å². The number of aliphatic imine (C=N–C) groups is 1. The van der Waals surface area contributed by atoms with Gasteiger partial charge < -0.3 is 24.8 Å². The molecule has 1 fully saturated rings. The fraction of sp³-hybridized carbons (Fsp3) is 0.667. The van der Waals surface area contributed by atoms with Crippen molar-refractivity contribution in [1.29, 1.82) is 0 Å². The van der Waals surface area contributed by atoms with E-state index in [-0.39, 0.29) is 6.10 Å². The Morgan fingerprint density at radius 3 is 2.85 bits per heavy atom.